The zero-order chi connectivity index (χ0) is 22.3. The maximum Gasteiger partial charge on any atom is 0.277 e. The highest BCUT2D eigenvalue weighted by Crippen LogP contribution is 2.50. The van der Waals surface area contributed by atoms with Crippen LogP contribution in [0.15, 0.2) is 71.2 Å². The number of hydrogen-bond donors (Lipinski definition) is 2. The molecular weight excluding hydrogens is 430 g/mol. The molecule has 2 amide bonds. The Labute approximate surface area is 186 Å². The van der Waals surface area contributed by atoms with Crippen molar-refractivity contribution in [2.75, 3.05) is 11.9 Å². The number of carbonyl (C=O) groups is 3. The Bertz CT molecular complexity index is 1250. The molecule has 160 valence electrons. The van der Waals surface area contributed by atoms with Gasteiger partial charge in [-0.25, -0.2) is 0 Å². The Morgan fingerprint density at radius 1 is 1.12 bits per heavy atom. The van der Waals surface area contributed by atoms with Crippen LogP contribution in [0, 0.1) is 5.92 Å². The number of oxime groups is 1. The molecule has 3 heterocycles. The second kappa shape index (κ2) is 7.61. The van der Waals surface area contributed by atoms with Crippen molar-refractivity contribution < 1.29 is 24.0 Å². The summed E-state index contributed by atoms with van der Waals surface area (Å²) >= 11 is 1.30. The third-order valence-electron chi connectivity index (χ3n) is 5.44. The van der Waals surface area contributed by atoms with E-state index in [1.54, 1.807) is 66.0 Å². The summed E-state index contributed by atoms with van der Waals surface area (Å²) in [6, 6.07) is 17.3. The normalized spacial score (nSPS) is 20.9. The molecule has 3 N–H and O–H groups in total. The van der Waals surface area contributed by atoms with E-state index in [-0.39, 0.29) is 12.4 Å². The zero-order valence-corrected chi connectivity index (χ0v) is 17.4. The number of ketones is 1. The zero-order valence-electron chi connectivity index (χ0n) is 16.6. The van der Waals surface area contributed by atoms with Gasteiger partial charge in [0, 0.05) is 16.8 Å². The van der Waals surface area contributed by atoms with E-state index in [4.69, 9.17) is 15.3 Å². The maximum absolute atomic E-state index is 13.6. The Balaban J connectivity index is 1.57. The van der Waals surface area contributed by atoms with E-state index >= 15 is 0 Å². The van der Waals surface area contributed by atoms with Crippen LogP contribution in [-0.4, -0.2) is 29.9 Å². The number of Topliss-reactive ketones (excluding diaryl/α,β-unsaturated/α-hetero) is 1. The molecule has 5 rings (SSSR count). The van der Waals surface area contributed by atoms with E-state index in [1.165, 1.54) is 11.3 Å². The van der Waals surface area contributed by atoms with Crippen molar-refractivity contribution in [3.05, 3.63) is 82.0 Å². The van der Waals surface area contributed by atoms with Crippen LogP contribution in [0.3, 0.4) is 0 Å². The molecular formula is C23H17N3O5S. The first kappa shape index (κ1) is 20.0. The molecule has 2 atom stereocenters. The van der Waals surface area contributed by atoms with E-state index in [0.717, 1.165) is 0 Å². The molecule has 0 saturated carbocycles. The predicted molar refractivity (Wildman–Crippen MR) is 118 cm³/mol. The first-order chi connectivity index (χ1) is 15.5. The standard InChI is InChI=1S/C23H17N3O5S/c24-18(27)12-30-14-9-7-13(8-10-14)20-19(21(28)17-6-3-11-32-17)23(31-26-20)15-4-1-2-5-16(15)25-22(23)29/h1-11,19H,12H2,(H2,24,27)(H,25,29)/t19-,23+/m0/s1. The molecule has 2 aromatic carbocycles. The Morgan fingerprint density at radius 2 is 1.91 bits per heavy atom. The predicted octanol–water partition coefficient (Wildman–Crippen LogP) is 2.69. The summed E-state index contributed by atoms with van der Waals surface area (Å²) in [5, 5.41) is 8.86. The van der Waals surface area contributed by atoms with Gasteiger partial charge in [-0.2, -0.15) is 0 Å². The molecule has 8 nitrogen and oxygen atoms in total. The molecule has 1 spiro atoms. The fourth-order valence-electron chi connectivity index (χ4n) is 4.02. The molecule has 0 aliphatic carbocycles. The van der Waals surface area contributed by atoms with Gasteiger partial charge in [0.05, 0.1) is 4.88 Å². The Hall–Kier alpha value is -3.98. The van der Waals surface area contributed by atoms with Gasteiger partial charge < -0.3 is 20.6 Å². The highest BCUT2D eigenvalue weighted by Gasteiger charge is 2.63. The lowest BCUT2D eigenvalue weighted by Gasteiger charge is -2.26. The number of para-hydroxylation sites is 1. The monoisotopic (exact) mass is 447 g/mol. The number of nitrogens with zero attached hydrogens (tertiary/aromatic N) is 1. The van der Waals surface area contributed by atoms with Gasteiger partial charge in [-0.3, -0.25) is 14.4 Å². The second-order valence-corrected chi connectivity index (χ2v) is 8.30. The lowest BCUT2D eigenvalue weighted by atomic mass is 9.75. The van der Waals surface area contributed by atoms with Gasteiger partial charge in [0.15, 0.2) is 12.4 Å². The molecule has 0 saturated heterocycles. The number of ether oxygens (including phenoxy) is 1. The topological polar surface area (TPSA) is 120 Å². The van der Waals surface area contributed by atoms with Crippen molar-refractivity contribution in [1.29, 1.82) is 0 Å². The van der Waals surface area contributed by atoms with Crippen molar-refractivity contribution in [3.63, 3.8) is 0 Å². The van der Waals surface area contributed by atoms with Gasteiger partial charge >= 0.3 is 0 Å². The molecule has 0 unspecified atom stereocenters. The van der Waals surface area contributed by atoms with Crippen LogP contribution < -0.4 is 15.8 Å². The lowest BCUT2D eigenvalue weighted by Crippen LogP contribution is -2.46. The second-order valence-electron chi connectivity index (χ2n) is 7.36. The van der Waals surface area contributed by atoms with Gasteiger partial charge in [-0.1, -0.05) is 29.4 Å². The number of fused-ring (bicyclic) bond motifs is 2. The van der Waals surface area contributed by atoms with Crippen LogP contribution >= 0.6 is 11.3 Å². The largest absolute Gasteiger partial charge is 0.484 e. The Morgan fingerprint density at radius 3 is 2.62 bits per heavy atom. The average molecular weight is 447 g/mol. The Kier molecular flexibility index (Phi) is 4.75. The van der Waals surface area contributed by atoms with E-state index < -0.39 is 23.3 Å². The highest BCUT2D eigenvalue weighted by atomic mass is 32.1. The third-order valence-corrected chi connectivity index (χ3v) is 6.32. The first-order valence-corrected chi connectivity index (χ1v) is 10.6. The summed E-state index contributed by atoms with van der Waals surface area (Å²) in [5.74, 6) is -1.82. The number of nitrogens with two attached hydrogens (primary N) is 1. The van der Waals surface area contributed by atoms with Crippen LogP contribution in [0.1, 0.15) is 20.8 Å². The third kappa shape index (κ3) is 3.05. The number of benzene rings is 2. The number of amides is 2. The summed E-state index contributed by atoms with van der Waals surface area (Å²) in [6.45, 7) is -0.247. The van der Waals surface area contributed by atoms with Crippen LogP contribution in [-0.2, 0) is 20.0 Å². The van der Waals surface area contributed by atoms with Gasteiger partial charge in [-0.15, -0.1) is 11.3 Å². The minimum absolute atomic E-state index is 0.247. The van der Waals surface area contributed by atoms with Gasteiger partial charge in [0.2, 0.25) is 0 Å². The summed E-state index contributed by atoms with van der Waals surface area (Å²) < 4.78 is 5.30. The van der Waals surface area contributed by atoms with Gasteiger partial charge in [-0.05, 0) is 41.8 Å². The fraction of sp³-hybridized carbons (Fsp3) is 0.130. The SMILES string of the molecule is NC(=O)COc1ccc(C2=NO[C@@]3(C(=O)Nc4ccccc43)[C@@H]2C(=O)c2cccs2)cc1. The molecule has 9 heteroatoms. The number of thiophene rings is 1. The number of rotatable bonds is 6. The molecule has 2 aliphatic rings. The van der Waals surface area contributed by atoms with Crippen LogP contribution in [0.4, 0.5) is 5.69 Å². The number of hydrogen-bond acceptors (Lipinski definition) is 7. The van der Waals surface area contributed by atoms with Crippen LogP contribution in [0.2, 0.25) is 0 Å². The summed E-state index contributed by atoms with van der Waals surface area (Å²) in [6.07, 6.45) is 0. The molecule has 0 fully saturated rings. The van der Waals surface area contributed by atoms with Crippen molar-refractivity contribution >= 4 is 40.3 Å². The molecule has 0 radical (unpaired) electrons. The summed E-state index contributed by atoms with van der Waals surface area (Å²) in [7, 11) is 0. The highest BCUT2D eigenvalue weighted by molar-refractivity contribution is 7.12. The van der Waals surface area contributed by atoms with E-state index in [1.807, 2.05) is 0 Å². The van der Waals surface area contributed by atoms with Crippen molar-refractivity contribution in [2.45, 2.75) is 5.60 Å². The number of anilines is 1. The van der Waals surface area contributed by atoms with E-state index in [0.29, 0.717) is 33.2 Å². The van der Waals surface area contributed by atoms with Gasteiger partial charge in [0.25, 0.3) is 17.4 Å². The summed E-state index contributed by atoms with van der Waals surface area (Å²) in [5.41, 5.74) is 5.63. The number of nitrogens with one attached hydrogen (secondary N) is 1. The van der Waals surface area contributed by atoms with E-state index in [2.05, 4.69) is 10.5 Å². The first-order valence-electron chi connectivity index (χ1n) is 9.77. The van der Waals surface area contributed by atoms with Gasteiger partial charge in [0.1, 0.15) is 17.4 Å². The number of primary amides is 1. The van der Waals surface area contributed by atoms with Crippen molar-refractivity contribution in [2.24, 2.45) is 16.8 Å². The van der Waals surface area contributed by atoms with Crippen molar-refractivity contribution in [1.82, 2.24) is 0 Å². The number of carbonyl (C=O) groups excluding carboxylic acids is 3. The lowest BCUT2D eigenvalue weighted by molar-refractivity contribution is -0.140. The quantitative estimate of drug-likeness (QED) is 0.563. The smallest absolute Gasteiger partial charge is 0.277 e. The fourth-order valence-corrected chi connectivity index (χ4v) is 4.71. The molecule has 0 bridgehead atoms. The molecule has 2 aliphatic heterocycles. The minimum atomic E-state index is -1.59. The molecule has 3 aromatic rings. The van der Waals surface area contributed by atoms with Crippen LogP contribution in [0.25, 0.3) is 0 Å². The molecule has 32 heavy (non-hydrogen) atoms. The van der Waals surface area contributed by atoms with Crippen LogP contribution in [0.5, 0.6) is 5.75 Å². The minimum Gasteiger partial charge on any atom is -0.484 e. The average Bonchev–Trinajstić information content (AvgIpc) is 3.52. The van der Waals surface area contributed by atoms with Crippen molar-refractivity contribution in [3.8, 4) is 5.75 Å². The summed E-state index contributed by atoms with van der Waals surface area (Å²) in [4.78, 5) is 44.1. The molecule has 1 aromatic heterocycles. The van der Waals surface area contributed by atoms with E-state index in [9.17, 15) is 14.4 Å². The maximum atomic E-state index is 13.6.